The number of para-hydroxylation sites is 2. The number of ether oxygens (including phenoxy) is 2. The van der Waals surface area contributed by atoms with Gasteiger partial charge in [0.15, 0.2) is 11.5 Å². The van der Waals surface area contributed by atoms with Crippen LogP contribution in [0.3, 0.4) is 0 Å². The summed E-state index contributed by atoms with van der Waals surface area (Å²) in [5.74, 6) is 1.31. The van der Waals surface area contributed by atoms with Gasteiger partial charge >= 0.3 is 0 Å². The van der Waals surface area contributed by atoms with Crippen LogP contribution in [0.15, 0.2) is 40.3 Å². The molecule has 37 heavy (non-hydrogen) atoms. The van der Waals surface area contributed by atoms with Gasteiger partial charge in [0.05, 0.1) is 18.3 Å². The molecule has 3 aromatic rings. The molecule has 0 radical (unpaired) electrons. The molecule has 0 bridgehead atoms. The minimum Gasteiger partial charge on any atom is -0.486 e. The largest absolute Gasteiger partial charge is 0.486 e. The zero-order valence-corrected chi connectivity index (χ0v) is 22.6. The van der Waals surface area contributed by atoms with E-state index < -0.39 is 21.5 Å². The third-order valence-electron chi connectivity index (χ3n) is 6.64. The molecule has 2 aliphatic rings. The molecular weight excluding hydrogens is 516 g/mol. The summed E-state index contributed by atoms with van der Waals surface area (Å²) >= 11 is 1.18. The summed E-state index contributed by atoms with van der Waals surface area (Å²) in [6.45, 7) is 6.78. The number of fused-ring (bicyclic) bond motifs is 2. The number of carbonyl (C=O) groups excluding carboxylic acids is 1. The molecule has 0 spiro atoms. The molecule has 5 rings (SSSR count). The lowest BCUT2D eigenvalue weighted by Gasteiger charge is -2.34. The van der Waals surface area contributed by atoms with Crippen molar-refractivity contribution >= 4 is 37.5 Å². The Balaban J connectivity index is 1.34. The van der Waals surface area contributed by atoms with E-state index in [0.29, 0.717) is 34.3 Å². The predicted octanol–water partition coefficient (Wildman–Crippen LogP) is 2.39. The van der Waals surface area contributed by atoms with Crippen LogP contribution in [-0.4, -0.2) is 60.5 Å². The lowest BCUT2D eigenvalue weighted by Crippen LogP contribution is -2.43. The highest BCUT2D eigenvalue weighted by molar-refractivity contribution is 7.89. The number of aromatic nitrogens is 2. The number of sulfonamides is 1. The number of carbonyl (C=O) groups is 1. The molecule has 0 aliphatic carbocycles. The minimum atomic E-state index is -3.90. The Morgan fingerprint density at radius 3 is 2.62 bits per heavy atom. The topological polar surface area (TPSA) is 120 Å². The standard InChI is InChI=1S/C25H30N4O6S2/c1-15-8-16(2)11-29(10-15)37(32,33)23-17(3)36-24-22(23)25(31)28(14-27-24)12-21(30)26-9-18-13-34-19-6-4-5-7-20(19)35-18/h4-7,14-16,18H,8-13H2,1-3H3,(H,26,30)/t15-,16-,18+/m0/s1. The number of amides is 1. The summed E-state index contributed by atoms with van der Waals surface area (Å²) in [7, 11) is -3.90. The summed E-state index contributed by atoms with van der Waals surface area (Å²) < 4.78 is 41.5. The van der Waals surface area contributed by atoms with Crippen LogP contribution in [0.1, 0.15) is 25.1 Å². The van der Waals surface area contributed by atoms with Gasteiger partial charge in [-0.05, 0) is 37.3 Å². The minimum absolute atomic E-state index is 0.00692. The van der Waals surface area contributed by atoms with Crippen molar-refractivity contribution in [1.29, 1.82) is 0 Å². The van der Waals surface area contributed by atoms with Gasteiger partial charge in [-0.15, -0.1) is 11.3 Å². The summed E-state index contributed by atoms with van der Waals surface area (Å²) in [5.41, 5.74) is -0.549. The zero-order valence-electron chi connectivity index (χ0n) is 21.0. The number of rotatable bonds is 6. The first-order valence-electron chi connectivity index (χ1n) is 12.3. The Morgan fingerprint density at radius 2 is 1.89 bits per heavy atom. The third kappa shape index (κ3) is 5.10. The first-order valence-corrected chi connectivity index (χ1v) is 14.5. The Morgan fingerprint density at radius 1 is 1.19 bits per heavy atom. The summed E-state index contributed by atoms with van der Waals surface area (Å²) in [4.78, 5) is 31.3. The van der Waals surface area contributed by atoms with Crippen LogP contribution in [0.5, 0.6) is 11.5 Å². The van der Waals surface area contributed by atoms with Gasteiger partial charge in [-0.1, -0.05) is 26.0 Å². The van der Waals surface area contributed by atoms with E-state index in [1.807, 2.05) is 32.0 Å². The predicted molar refractivity (Wildman–Crippen MR) is 140 cm³/mol. The van der Waals surface area contributed by atoms with Crippen LogP contribution in [0.25, 0.3) is 10.2 Å². The van der Waals surface area contributed by atoms with Crippen LogP contribution in [-0.2, 0) is 21.4 Å². The van der Waals surface area contributed by atoms with Crippen molar-refractivity contribution in [3.8, 4) is 11.5 Å². The second kappa shape index (κ2) is 10.1. The maximum absolute atomic E-state index is 13.7. The summed E-state index contributed by atoms with van der Waals surface area (Å²) in [6.07, 6.45) is 1.88. The van der Waals surface area contributed by atoms with Crippen molar-refractivity contribution in [2.24, 2.45) is 11.8 Å². The highest BCUT2D eigenvalue weighted by Crippen LogP contribution is 2.35. The first-order chi connectivity index (χ1) is 17.6. The molecule has 4 heterocycles. The number of nitrogens with one attached hydrogen (secondary N) is 1. The SMILES string of the molecule is Cc1sc2ncn(CC(=O)NC[C@@H]3COc4ccccc4O3)c(=O)c2c1S(=O)(=O)N1C[C@@H](C)C[C@H](C)C1. The average Bonchev–Trinajstić information content (AvgIpc) is 3.21. The fourth-order valence-electron chi connectivity index (χ4n) is 5.07. The Kier molecular flexibility index (Phi) is 6.99. The van der Waals surface area contributed by atoms with E-state index in [1.54, 1.807) is 13.0 Å². The lowest BCUT2D eigenvalue weighted by atomic mass is 9.94. The molecule has 1 saturated heterocycles. The van der Waals surface area contributed by atoms with E-state index in [-0.39, 0.29) is 47.9 Å². The third-order valence-corrected chi connectivity index (χ3v) is 9.79. The summed E-state index contributed by atoms with van der Waals surface area (Å²) in [6, 6.07) is 7.30. The van der Waals surface area contributed by atoms with Crippen molar-refractivity contribution in [1.82, 2.24) is 19.2 Å². The van der Waals surface area contributed by atoms with Crippen molar-refractivity contribution in [2.75, 3.05) is 26.2 Å². The van der Waals surface area contributed by atoms with Crippen LogP contribution in [0, 0.1) is 18.8 Å². The highest BCUT2D eigenvalue weighted by Gasteiger charge is 2.36. The van der Waals surface area contributed by atoms with Crippen molar-refractivity contribution in [3.05, 3.63) is 45.8 Å². The number of nitrogens with zero attached hydrogens (tertiary/aromatic N) is 3. The molecule has 12 heteroatoms. The zero-order chi connectivity index (χ0) is 26.3. The van der Waals surface area contributed by atoms with Gasteiger partial charge in [0, 0.05) is 18.0 Å². The Bertz CT molecular complexity index is 1490. The maximum atomic E-state index is 13.7. The normalized spacial score (nSPS) is 22.2. The van der Waals surface area contributed by atoms with Crippen molar-refractivity contribution in [2.45, 2.75) is 44.7 Å². The Hall–Kier alpha value is -2.96. The van der Waals surface area contributed by atoms with Crippen LogP contribution >= 0.6 is 11.3 Å². The monoisotopic (exact) mass is 546 g/mol. The molecule has 0 unspecified atom stereocenters. The van der Waals surface area contributed by atoms with E-state index in [9.17, 15) is 18.0 Å². The molecule has 1 N–H and O–H groups in total. The molecule has 1 fully saturated rings. The van der Waals surface area contributed by atoms with E-state index >= 15 is 0 Å². The number of hydrogen-bond acceptors (Lipinski definition) is 8. The van der Waals surface area contributed by atoms with E-state index in [4.69, 9.17) is 9.47 Å². The van der Waals surface area contributed by atoms with E-state index in [0.717, 1.165) is 11.0 Å². The lowest BCUT2D eigenvalue weighted by molar-refractivity contribution is -0.122. The number of piperidine rings is 1. The molecular formula is C25H30N4O6S2. The van der Waals surface area contributed by atoms with Gasteiger partial charge in [-0.25, -0.2) is 13.4 Å². The van der Waals surface area contributed by atoms with Gasteiger partial charge in [-0.3, -0.25) is 14.2 Å². The average molecular weight is 547 g/mol. The molecule has 2 aliphatic heterocycles. The van der Waals surface area contributed by atoms with E-state index in [2.05, 4.69) is 10.3 Å². The van der Waals surface area contributed by atoms with Gasteiger partial charge < -0.3 is 14.8 Å². The van der Waals surface area contributed by atoms with Crippen LogP contribution < -0.4 is 20.3 Å². The van der Waals surface area contributed by atoms with Gasteiger partial charge in [-0.2, -0.15) is 4.31 Å². The fourth-order valence-corrected chi connectivity index (χ4v) is 8.42. The number of aryl methyl sites for hydroxylation is 1. The van der Waals surface area contributed by atoms with Crippen molar-refractivity contribution in [3.63, 3.8) is 0 Å². The smallest absolute Gasteiger partial charge is 0.263 e. The second-order valence-corrected chi connectivity index (χ2v) is 13.0. The highest BCUT2D eigenvalue weighted by atomic mass is 32.2. The van der Waals surface area contributed by atoms with Crippen LogP contribution in [0.4, 0.5) is 0 Å². The number of hydrogen-bond donors (Lipinski definition) is 1. The number of benzene rings is 1. The fraction of sp³-hybridized carbons (Fsp3) is 0.480. The second-order valence-electron chi connectivity index (χ2n) is 9.91. The molecule has 0 saturated carbocycles. The van der Waals surface area contributed by atoms with Crippen LogP contribution in [0.2, 0.25) is 0 Å². The van der Waals surface area contributed by atoms with Gasteiger partial charge in [0.1, 0.15) is 29.0 Å². The molecule has 1 aromatic carbocycles. The molecule has 2 aromatic heterocycles. The molecule has 198 valence electrons. The quantitative estimate of drug-likeness (QED) is 0.504. The molecule has 1 amide bonds. The van der Waals surface area contributed by atoms with Crippen molar-refractivity contribution < 1.29 is 22.7 Å². The van der Waals surface area contributed by atoms with Gasteiger partial charge in [0.2, 0.25) is 15.9 Å². The first kappa shape index (κ1) is 25.7. The molecule has 10 nitrogen and oxygen atoms in total. The Labute approximate surface area is 219 Å². The molecule has 3 atom stereocenters. The maximum Gasteiger partial charge on any atom is 0.263 e. The van der Waals surface area contributed by atoms with Gasteiger partial charge in [0.25, 0.3) is 5.56 Å². The summed E-state index contributed by atoms with van der Waals surface area (Å²) in [5, 5.41) is 2.81. The number of thiophene rings is 1. The van der Waals surface area contributed by atoms with E-state index in [1.165, 1.54) is 22.0 Å².